The van der Waals surface area contributed by atoms with Crippen molar-refractivity contribution < 1.29 is 0 Å². The maximum Gasteiger partial charge on any atom is 0.160 e. The molecule has 2 heterocycles. The van der Waals surface area contributed by atoms with Gasteiger partial charge in [-0.25, -0.2) is 9.97 Å². The molecule has 11 rings (SSSR count). The van der Waals surface area contributed by atoms with Crippen molar-refractivity contribution in [2.24, 2.45) is 0 Å². The Kier molecular flexibility index (Phi) is 7.39. The number of aromatic nitrogens is 2. The van der Waals surface area contributed by atoms with E-state index in [1.165, 1.54) is 69.2 Å². The lowest BCUT2D eigenvalue weighted by atomic mass is 9.89. The van der Waals surface area contributed by atoms with E-state index in [1.54, 1.807) is 0 Å². The van der Waals surface area contributed by atoms with Gasteiger partial charge in [-0.1, -0.05) is 170 Å². The molecule has 0 saturated heterocycles. The number of hydrogen-bond acceptors (Lipinski definition) is 3. The van der Waals surface area contributed by atoms with Gasteiger partial charge in [-0.05, 0) is 78.8 Å². The molecular weight excluding hydrogens is 685 g/mol. The minimum Gasteiger partial charge on any atom is -0.228 e. The second-order valence-electron chi connectivity index (χ2n) is 14.1. The molecule has 0 radical (unpaired) electrons. The fourth-order valence-electron chi connectivity index (χ4n) is 8.14. The predicted octanol–water partition coefficient (Wildman–Crippen LogP) is 14.6. The van der Waals surface area contributed by atoms with Crippen LogP contribution in [0, 0.1) is 0 Å². The number of benzene rings is 9. The highest BCUT2D eigenvalue weighted by Gasteiger charge is 2.15. The Balaban J connectivity index is 0.966. The van der Waals surface area contributed by atoms with E-state index in [0.29, 0.717) is 0 Å². The van der Waals surface area contributed by atoms with Gasteiger partial charge in [0.05, 0.1) is 11.4 Å². The molecule has 0 bridgehead atoms. The molecule has 9 aromatic carbocycles. The smallest absolute Gasteiger partial charge is 0.160 e. The predicted molar refractivity (Wildman–Crippen MR) is 235 cm³/mol. The van der Waals surface area contributed by atoms with E-state index < -0.39 is 0 Å². The van der Waals surface area contributed by atoms with Crippen molar-refractivity contribution in [2.45, 2.75) is 0 Å². The highest BCUT2D eigenvalue weighted by molar-refractivity contribution is 7.25. The van der Waals surface area contributed by atoms with Crippen molar-refractivity contribution >= 4 is 63.8 Å². The minimum atomic E-state index is 0.721. The molecule has 55 heavy (non-hydrogen) atoms. The van der Waals surface area contributed by atoms with Gasteiger partial charge in [0.25, 0.3) is 0 Å². The fourth-order valence-corrected chi connectivity index (χ4v) is 9.28. The number of thiophene rings is 1. The van der Waals surface area contributed by atoms with Gasteiger partial charge in [0.15, 0.2) is 5.82 Å². The third-order valence-corrected chi connectivity index (χ3v) is 12.0. The molecule has 11 aromatic rings. The number of fused-ring (bicyclic) bond motifs is 7. The number of nitrogens with zero attached hydrogens (tertiary/aromatic N) is 2. The molecule has 0 N–H and O–H groups in total. The van der Waals surface area contributed by atoms with E-state index in [9.17, 15) is 0 Å². The van der Waals surface area contributed by atoms with E-state index >= 15 is 0 Å². The Morgan fingerprint density at radius 1 is 0.291 bits per heavy atom. The largest absolute Gasteiger partial charge is 0.228 e. The van der Waals surface area contributed by atoms with Crippen LogP contribution in [0.5, 0.6) is 0 Å². The summed E-state index contributed by atoms with van der Waals surface area (Å²) in [4.78, 5) is 10.2. The summed E-state index contributed by atoms with van der Waals surface area (Å²) in [5.74, 6) is 0.721. The van der Waals surface area contributed by atoms with Crippen LogP contribution in [0.4, 0.5) is 0 Å². The molecule has 2 nitrogen and oxygen atoms in total. The monoisotopic (exact) mass is 716 g/mol. The molecule has 0 aliphatic rings. The Morgan fingerprint density at radius 2 is 0.855 bits per heavy atom. The van der Waals surface area contributed by atoms with Gasteiger partial charge in [0, 0.05) is 36.9 Å². The first-order valence-electron chi connectivity index (χ1n) is 18.6. The van der Waals surface area contributed by atoms with Crippen LogP contribution in [0.15, 0.2) is 194 Å². The highest BCUT2D eigenvalue weighted by Crippen LogP contribution is 2.41. The van der Waals surface area contributed by atoms with Crippen LogP contribution in [0.25, 0.3) is 109 Å². The summed E-state index contributed by atoms with van der Waals surface area (Å²) in [5, 5.41) is 10.2. The van der Waals surface area contributed by atoms with Gasteiger partial charge >= 0.3 is 0 Å². The molecule has 0 atom stereocenters. The topological polar surface area (TPSA) is 25.8 Å². The maximum atomic E-state index is 5.10. The summed E-state index contributed by atoms with van der Waals surface area (Å²) in [6.07, 6.45) is 0. The van der Waals surface area contributed by atoms with Gasteiger partial charge in [0.2, 0.25) is 0 Å². The number of hydrogen-bond donors (Lipinski definition) is 0. The molecule has 0 amide bonds. The summed E-state index contributed by atoms with van der Waals surface area (Å²) >= 11 is 1.83. The molecule has 0 spiro atoms. The quantitative estimate of drug-likeness (QED) is 0.131. The van der Waals surface area contributed by atoms with Gasteiger partial charge in [-0.15, -0.1) is 11.3 Å². The van der Waals surface area contributed by atoms with Crippen LogP contribution < -0.4 is 0 Å². The first kappa shape index (κ1) is 31.6. The first-order chi connectivity index (χ1) is 27.2. The van der Waals surface area contributed by atoms with Crippen LogP contribution in [0.1, 0.15) is 0 Å². The average Bonchev–Trinajstić information content (AvgIpc) is 3.64. The lowest BCUT2D eigenvalue weighted by Crippen LogP contribution is -1.95. The molecule has 0 aliphatic heterocycles. The summed E-state index contributed by atoms with van der Waals surface area (Å²) in [7, 11) is 0. The van der Waals surface area contributed by atoms with E-state index in [-0.39, 0.29) is 0 Å². The summed E-state index contributed by atoms with van der Waals surface area (Å²) in [6.45, 7) is 0. The Morgan fingerprint density at radius 3 is 1.64 bits per heavy atom. The van der Waals surface area contributed by atoms with E-state index in [2.05, 4.69) is 176 Å². The van der Waals surface area contributed by atoms with Crippen LogP contribution in [0.2, 0.25) is 0 Å². The summed E-state index contributed by atoms with van der Waals surface area (Å²) in [5.41, 5.74) is 9.79. The molecule has 3 heteroatoms. The van der Waals surface area contributed by atoms with Crippen LogP contribution >= 0.6 is 11.3 Å². The third-order valence-electron chi connectivity index (χ3n) is 10.9. The Hall–Kier alpha value is -6.94. The highest BCUT2D eigenvalue weighted by atomic mass is 32.1. The maximum absolute atomic E-state index is 5.10. The second kappa shape index (κ2) is 12.9. The van der Waals surface area contributed by atoms with Crippen LogP contribution in [-0.2, 0) is 0 Å². The van der Waals surface area contributed by atoms with Gasteiger partial charge in [-0.2, -0.15) is 0 Å². The second-order valence-corrected chi connectivity index (χ2v) is 15.2. The molecule has 0 aliphatic carbocycles. The zero-order valence-electron chi connectivity index (χ0n) is 29.8. The fraction of sp³-hybridized carbons (Fsp3) is 0. The van der Waals surface area contributed by atoms with E-state index in [0.717, 1.165) is 39.5 Å². The van der Waals surface area contributed by atoms with Crippen molar-refractivity contribution in [3.63, 3.8) is 0 Å². The van der Waals surface area contributed by atoms with Crippen LogP contribution in [0.3, 0.4) is 0 Å². The molecule has 256 valence electrons. The average molecular weight is 717 g/mol. The van der Waals surface area contributed by atoms with E-state index in [4.69, 9.17) is 9.97 Å². The third kappa shape index (κ3) is 5.48. The van der Waals surface area contributed by atoms with Crippen molar-refractivity contribution in [1.29, 1.82) is 0 Å². The molecule has 2 aromatic heterocycles. The Bertz CT molecular complexity index is 3230. The first-order valence-corrected chi connectivity index (χ1v) is 19.5. The summed E-state index contributed by atoms with van der Waals surface area (Å²) < 4.78 is 2.56. The molecular formula is C52H32N2S. The van der Waals surface area contributed by atoms with Gasteiger partial charge in [0.1, 0.15) is 0 Å². The normalized spacial score (nSPS) is 11.6. The standard InChI is InChI=1S/C52H32N2S/c1-2-11-38(12-3-1)52-53-47(32-48(54-52)40-27-28-44-43-16-8-9-17-49(43)55-50(44)31-40)36-22-18-33(19-23-36)34-20-24-37(25-21-34)51-42-15-7-5-13-39(42)30-46-41-14-6-4-10-35(41)26-29-45(46)51/h1-32H. The van der Waals surface area contributed by atoms with Crippen LogP contribution in [-0.4, -0.2) is 9.97 Å². The lowest BCUT2D eigenvalue weighted by molar-refractivity contribution is 1.18. The molecule has 0 saturated carbocycles. The van der Waals surface area contributed by atoms with Crippen molar-refractivity contribution in [2.75, 3.05) is 0 Å². The van der Waals surface area contributed by atoms with Crippen molar-refractivity contribution in [1.82, 2.24) is 9.97 Å². The lowest BCUT2D eigenvalue weighted by Gasteiger charge is -2.14. The summed E-state index contributed by atoms with van der Waals surface area (Å²) in [6, 6.07) is 69.8. The molecule has 0 fully saturated rings. The van der Waals surface area contributed by atoms with Crippen molar-refractivity contribution in [3.8, 4) is 56.2 Å². The minimum absolute atomic E-state index is 0.721. The van der Waals surface area contributed by atoms with E-state index in [1.807, 2.05) is 29.5 Å². The SMILES string of the molecule is c1ccc(-c2nc(-c3ccc(-c4ccc(-c5c6ccccc6cc6c5ccc5ccccc56)cc4)cc3)cc(-c3ccc4c(c3)sc3ccccc34)n2)cc1. The number of rotatable bonds is 5. The van der Waals surface area contributed by atoms with Crippen molar-refractivity contribution in [3.05, 3.63) is 194 Å². The van der Waals surface area contributed by atoms with Gasteiger partial charge in [-0.3, -0.25) is 0 Å². The Labute approximate surface area is 322 Å². The van der Waals surface area contributed by atoms with Gasteiger partial charge < -0.3 is 0 Å². The zero-order chi connectivity index (χ0) is 36.3. The zero-order valence-corrected chi connectivity index (χ0v) is 30.6. The molecule has 0 unspecified atom stereocenters.